The molecule has 2 unspecified atom stereocenters. The van der Waals surface area contributed by atoms with Crippen LogP contribution in [0, 0.1) is 5.92 Å². The molecule has 1 aromatic rings. The topological polar surface area (TPSA) is 146 Å². The van der Waals surface area contributed by atoms with Crippen LogP contribution in [0.25, 0.3) is 0 Å². The summed E-state index contributed by atoms with van der Waals surface area (Å²) in [5.74, 6) is -0.128. The van der Waals surface area contributed by atoms with E-state index >= 15 is 0 Å². The Labute approximate surface area is 133 Å². The highest BCUT2D eigenvalue weighted by Crippen LogP contribution is 2.24. The van der Waals surface area contributed by atoms with Gasteiger partial charge in [0.05, 0.1) is 6.10 Å². The van der Waals surface area contributed by atoms with Gasteiger partial charge in [-0.15, -0.1) is 0 Å². The van der Waals surface area contributed by atoms with Crippen LogP contribution in [0.15, 0.2) is 17.1 Å². The number of nitrogens with one attached hydrogen (secondary N) is 1. The molecule has 23 heavy (non-hydrogen) atoms. The number of nitrogens with zero attached hydrogens (tertiary/aromatic N) is 1. The number of nitrogens with two attached hydrogens (primary N) is 1. The Morgan fingerprint density at radius 2 is 2.35 bits per heavy atom. The fraction of sp³-hybridized carbons (Fsp3) is 0.643. The third-order valence-electron chi connectivity index (χ3n) is 3.91. The summed E-state index contributed by atoms with van der Waals surface area (Å²) in [6, 6.07) is 1.05. The number of hydrogen-bond acceptors (Lipinski definition) is 6. The number of hydrogen-bond donors (Lipinski definition) is 4. The van der Waals surface area contributed by atoms with E-state index < -0.39 is 36.1 Å². The van der Waals surface area contributed by atoms with Gasteiger partial charge in [-0.05, 0) is 0 Å². The van der Waals surface area contributed by atoms with E-state index in [2.05, 4.69) is 10.7 Å². The number of aliphatic hydroxyl groups excluding tert-OH is 1. The lowest BCUT2D eigenvalue weighted by Gasteiger charge is -2.16. The number of aromatic amines is 1. The summed E-state index contributed by atoms with van der Waals surface area (Å²) in [5.41, 5.74) is 8.80. The molecule has 0 spiro atoms. The first-order valence-corrected chi connectivity index (χ1v) is 7.52. The van der Waals surface area contributed by atoms with E-state index in [9.17, 15) is 14.7 Å². The SMILES string of the molecule is CC(C)C([NH3+])C(=O)OC[C@@H]1O[C@H]([n+]2ccc(N)[nH]c2=O)CC1O. The molecule has 1 fully saturated rings. The van der Waals surface area contributed by atoms with Crippen LogP contribution < -0.4 is 21.7 Å². The minimum atomic E-state index is -0.834. The van der Waals surface area contributed by atoms with Crippen molar-refractivity contribution in [2.75, 3.05) is 12.3 Å². The Balaban J connectivity index is 1.96. The van der Waals surface area contributed by atoms with E-state index in [0.717, 1.165) is 0 Å². The molecule has 2 heterocycles. The number of quaternary nitrogens is 1. The fourth-order valence-electron chi connectivity index (χ4n) is 2.26. The molecule has 0 radical (unpaired) electrons. The maximum Gasteiger partial charge on any atom is 0.499 e. The molecule has 9 heteroatoms. The summed E-state index contributed by atoms with van der Waals surface area (Å²) in [6.07, 6.45) is -0.450. The van der Waals surface area contributed by atoms with Gasteiger partial charge in [0.2, 0.25) is 6.23 Å². The molecule has 0 saturated carbocycles. The standard InChI is InChI=1S/C14H22N4O5/c1-7(2)12(16)13(20)22-6-9-8(19)5-11(23-9)18-4-3-10(15)17-14(18)21/h3-4,7-9,11-12,19H,5-6,16H2,1-2H3,(H2,15,17,21)/p+2/t8?,9-,11-,12?/m0/s1. The predicted molar refractivity (Wildman–Crippen MR) is 78.7 cm³/mol. The van der Waals surface area contributed by atoms with Crippen molar-refractivity contribution in [3.05, 3.63) is 22.7 Å². The highest BCUT2D eigenvalue weighted by Gasteiger charge is 2.39. The summed E-state index contributed by atoms with van der Waals surface area (Å²) in [7, 11) is 0. The molecular weight excluding hydrogens is 304 g/mol. The first kappa shape index (κ1) is 17.4. The van der Waals surface area contributed by atoms with Crippen molar-refractivity contribution >= 4 is 11.8 Å². The van der Waals surface area contributed by atoms with E-state index in [1.54, 1.807) is 0 Å². The number of rotatable bonds is 5. The highest BCUT2D eigenvalue weighted by atomic mass is 16.6. The number of nitrogen functional groups attached to an aromatic ring is 1. The molecular formula is C14H24N4O5+2. The average molecular weight is 328 g/mol. The largest absolute Gasteiger partial charge is 0.499 e. The Kier molecular flexibility index (Phi) is 5.34. The maximum atomic E-state index is 11.8. The second-order valence-corrected chi connectivity index (χ2v) is 6.02. The first-order chi connectivity index (χ1) is 10.8. The van der Waals surface area contributed by atoms with Gasteiger partial charge in [-0.1, -0.05) is 13.8 Å². The molecule has 0 bridgehead atoms. The monoisotopic (exact) mass is 328 g/mol. The van der Waals surface area contributed by atoms with Crippen LogP contribution in [0.3, 0.4) is 0 Å². The number of esters is 1. The van der Waals surface area contributed by atoms with Crippen molar-refractivity contribution in [3.8, 4) is 0 Å². The first-order valence-electron chi connectivity index (χ1n) is 7.52. The molecule has 1 aromatic heterocycles. The molecule has 128 valence electrons. The highest BCUT2D eigenvalue weighted by molar-refractivity contribution is 5.74. The maximum absolute atomic E-state index is 11.8. The van der Waals surface area contributed by atoms with E-state index in [0.29, 0.717) is 0 Å². The number of carbonyl (C=O) groups is 1. The summed E-state index contributed by atoms with van der Waals surface area (Å²) in [5, 5.41) is 10.0. The Bertz CT molecular complexity index is 617. The lowest BCUT2D eigenvalue weighted by Crippen LogP contribution is -2.68. The van der Waals surface area contributed by atoms with Crippen LogP contribution in [0.1, 0.15) is 26.5 Å². The minimum absolute atomic E-state index is 0.0635. The summed E-state index contributed by atoms with van der Waals surface area (Å²) in [4.78, 5) is 26.1. The van der Waals surface area contributed by atoms with Crippen LogP contribution in [0.2, 0.25) is 0 Å². The normalized spacial score (nSPS) is 25.5. The van der Waals surface area contributed by atoms with Crippen molar-refractivity contribution in [3.63, 3.8) is 0 Å². The van der Waals surface area contributed by atoms with Gasteiger partial charge in [0.1, 0.15) is 18.9 Å². The van der Waals surface area contributed by atoms with Crippen LogP contribution in [-0.2, 0) is 14.3 Å². The lowest BCUT2D eigenvalue weighted by molar-refractivity contribution is -0.773. The van der Waals surface area contributed by atoms with Gasteiger partial charge >= 0.3 is 11.7 Å². The summed E-state index contributed by atoms with van der Waals surface area (Å²) in [6.45, 7) is 3.67. The molecule has 7 N–H and O–H groups in total. The van der Waals surface area contributed by atoms with Gasteiger partial charge in [0.15, 0.2) is 11.9 Å². The second-order valence-electron chi connectivity index (χ2n) is 6.02. The molecule has 4 atom stereocenters. The second kappa shape index (κ2) is 7.07. The quantitative estimate of drug-likeness (QED) is 0.353. The number of carbonyl (C=O) groups excluding carboxylic acids is 1. The van der Waals surface area contributed by atoms with Crippen LogP contribution in [0.4, 0.5) is 5.82 Å². The third kappa shape index (κ3) is 4.06. The number of H-pyrrole nitrogens is 1. The molecule has 0 aliphatic carbocycles. The third-order valence-corrected chi connectivity index (χ3v) is 3.91. The molecule has 1 aliphatic heterocycles. The van der Waals surface area contributed by atoms with Gasteiger partial charge < -0.3 is 26.0 Å². The number of aromatic nitrogens is 2. The van der Waals surface area contributed by atoms with Crippen molar-refractivity contribution in [2.45, 2.75) is 44.7 Å². The van der Waals surface area contributed by atoms with Crippen molar-refractivity contribution in [1.82, 2.24) is 4.98 Å². The molecule has 1 saturated heterocycles. The van der Waals surface area contributed by atoms with E-state index in [1.165, 1.54) is 16.8 Å². The number of anilines is 1. The van der Waals surface area contributed by atoms with E-state index in [1.807, 2.05) is 13.8 Å². The van der Waals surface area contributed by atoms with E-state index in [4.69, 9.17) is 15.2 Å². The number of aliphatic hydroxyl groups is 1. The zero-order valence-corrected chi connectivity index (χ0v) is 13.3. The van der Waals surface area contributed by atoms with Crippen LogP contribution >= 0.6 is 0 Å². The molecule has 0 aromatic carbocycles. The fourth-order valence-corrected chi connectivity index (χ4v) is 2.26. The Morgan fingerprint density at radius 3 is 2.96 bits per heavy atom. The molecule has 0 amide bonds. The average Bonchev–Trinajstić information content (AvgIpc) is 2.84. The van der Waals surface area contributed by atoms with Crippen molar-refractivity contribution < 1.29 is 29.7 Å². The Morgan fingerprint density at radius 1 is 1.65 bits per heavy atom. The zero-order valence-electron chi connectivity index (χ0n) is 13.3. The summed E-state index contributed by atoms with van der Waals surface area (Å²) >= 11 is 0. The van der Waals surface area contributed by atoms with Gasteiger partial charge in [-0.3, -0.25) is 0 Å². The van der Waals surface area contributed by atoms with Gasteiger partial charge in [0, 0.05) is 18.4 Å². The van der Waals surface area contributed by atoms with Crippen LogP contribution in [0.5, 0.6) is 0 Å². The Hall–Kier alpha value is -1.97. The number of ether oxygens (including phenoxy) is 2. The van der Waals surface area contributed by atoms with Gasteiger partial charge in [-0.25, -0.2) is 4.79 Å². The van der Waals surface area contributed by atoms with Gasteiger partial charge in [-0.2, -0.15) is 14.3 Å². The summed E-state index contributed by atoms with van der Waals surface area (Å²) < 4.78 is 12.1. The molecule has 1 aliphatic rings. The molecule has 2 rings (SSSR count). The van der Waals surface area contributed by atoms with Crippen molar-refractivity contribution in [2.24, 2.45) is 5.92 Å². The lowest BCUT2D eigenvalue weighted by atomic mass is 10.1. The zero-order chi connectivity index (χ0) is 17.1. The van der Waals surface area contributed by atoms with Crippen LogP contribution in [-0.4, -0.2) is 40.9 Å². The predicted octanol–water partition coefficient (Wildman–Crippen LogP) is -2.30. The van der Waals surface area contributed by atoms with E-state index in [-0.39, 0.29) is 24.8 Å². The van der Waals surface area contributed by atoms with Gasteiger partial charge in [0.25, 0.3) is 0 Å². The minimum Gasteiger partial charge on any atom is -0.458 e. The van der Waals surface area contributed by atoms with Crippen molar-refractivity contribution in [1.29, 1.82) is 0 Å². The smallest absolute Gasteiger partial charge is 0.458 e. The molecule has 9 nitrogen and oxygen atoms in total.